The lowest BCUT2D eigenvalue weighted by Gasteiger charge is -2.41. The highest BCUT2D eigenvalue weighted by Crippen LogP contribution is 2.31. The lowest BCUT2D eigenvalue weighted by molar-refractivity contribution is -0.122. The van der Waals surface area contributed by atoms with Gasteiger partial charge in [-0.05, 0) is 31.9 Å². The normalized spacial score (nSPS) is 20.7. The van der Waals surface area contributed by atoms with Crippen molar-refractivity contribution in [1.29, 1.82) is 0 Å². The molecule has 2 aromatic rings. The van der Waals surface area contributed by atoms with Crippen LogP contribution in [-0.2, 0) is 4.79 Å². The van der Waals surface area contributed by atoms with Crippen LogP contribution in [0.5, 0.6) is 0 Å². The number of rotatable bonds is 5. The molecular weight excluding hydrogens is 318 g/mol. The molecule has 1 aliphatic heterocycles. The summed E-state index contributed by atoms with van der Waals surface area (Å²) in [6.45, 7) is 3.83. The molecule has 7 heteroatoms. The number of amides is 1. The highest BCUT2D eigenvalue weighted by Gasteiger charge is 2.34. The summed E-state index contributed by atoms with van der Waals surface area (Å²) in [7, 11) is 0. The van der Waals surface area contributed by atoms with Gasteiger partial charge in [0.2, 0.25) is 5.91 Å². The Bertz CT molecular complexity index is 766. The van der Waals surface area contributed by atoms with Gasteiger partial charge in [0.1, 0.15) is 0 Å². The number of aryl methyl sites for hydroxylation is 1. The predicted molar refractivity (Wildman–Crippen MR) is 97.4 cm³/mol. The Morgan fingerprint density at radius 3 is 3.16 bits per heavy atom. The summed E-state index contributed by atoms with van der Waals surface area (Å²) in [6, 6.07) is 3.93. The quantitative estimate of drug-likeness (QED) is 0.739. The molecule has 0 saturated carbocycles. The van der Waals surface area contributed by atoms with Gasteiger partial charge >= 0.3 is 0 Å². The number of hydrogen-bond donors (Lipinski definition) is 3. The van der Waals surface area contributed by atoms with Gasteiger partial charge in [-0.25, -0.2) is 0 Å². The number of aromatic nitrogens is 2. The Balaban J connectivity index is 1.81. The van der Waals surface area contributed by atoms with Crippen molar-refractivity contribution in [2.75, 3.05) is 31.1 Å². The van der Waals surface area contributed by atoms with Crippen molar-refractivity contribution >= 4 is 22.5 Å². The number of nitrogens with zero attached hydrogens (tertiary/aromatic N) is 3. The Kier molecular flexibility index (Phi) is 5.15. The molecule has 134 valence electrons. The van der Waals surface area contributed by atoms with Gasteiger partial charge in [-0.1, -0.05) is 0 Å². The first-order valence-corrected chi connectivity index (χ1v) is 8.66. The van der Waals surface area contributed by atoms with Gasteiger partial charge in [0.25, 0.3) is 0 Å². The molecule has 25 heavy (non-hydrogen) atoms. The van der Waals surface area contributed by atoms with Crippen molar-refractivity contribution < 1.29 is 9.90 Å². The number of piperidine rings is 1. The van der Waals surface area contributed by atoms with Crippen LogP contribution < -0.4 is 16.0 Å². The number of carbonyl (C=O) groups is 1. The summed E-state index contributed by atoms with van der Waals surface area (Å²) in [5.41, 5.74) is 7.30. The summed E-state index contributed by atoms with van der Waals surface area (Å²) in [5.74, 6) is -0.123. The van der Waals surface area contributed by atoms with Crippen molar-refractivity contribution in [1.82, 2.24) is 15.3 Å². The Morgan fingerprint density at radius 2 is 2.36 bits per heavy atom. The van der Waals surface area contributed by atoms with E-state index in [4.69, 9.17) is 5.73 Å². The number of anilines is 1. The average molecular weight is 343 g/mol. The van der Waals surface area contributed by atoms with E-state index >= 15 is 0 Å². The first-order chi connectivity index (χ1) is 12.0. The van der Waals surface area contributed by atoms with Gasteiger partial charge in [-0.15, -0.1) is 0 Å². The molecule has 0 spiro atoms. The summed E-state index contributed by atoms with van der Waals surface area (Å²) in [6.07, 6.45) is 5.34. The Hall–Kier alpha value is -2.25. The summed E-state index contributed by atoms with van der Waals surface area (Å²) in [5, 5.41) is 14.7. The minimum Gasteiger partial charge on any atom is -0.386 e. The first kappa shape index (κ1) is 17.6. The number of β-amino-alcohol motifs (C(OH)–C–C–N with tert-alkyl or cyclic N) is 1. The molecule has 1 atom stereocenters. The third-order valence-electron chi connectivity index (χ3n) is 4.60. The van der Waals surface area contributed by atoms with Crippen LogP contribution >= 0.6 is 0 Å². The molecular formula is C18H25N5O2. The van der Waals surface area contributed by atoms with Crippen LogP contribution in [0.4, 0.5) is 5.69 Å². The van der Waals surface area contributed by atoms with E-state index < -0.39 is 5.60 Å². The van der Waals surface area contributed by atoms with E-state index in [2.05, 4.69) is 20.2 Å². The molecule has 2 aromatic heterocycles. The van der Waals surface area contributed by atoms with Crippen LogP contribution in [0.15, 0.2) is 24.5 Å². The molecule has 0 bridgehead atoms. The fourth-order valence-corrected chi connectivity index (χ4v) is 3.39. The third kappa shape index (κ3) is 4.05. The van der Waals surface area contributed by atoms with Gasteiger partial charge in [0, 0.05) is 61.8 Å². The lowest BCUT2D eigenvalue weighted by Crippen LogP contribution is -2.54. The van der Waals surface area contributed by atoms with Gasteiger partial charge in [0.15, 0.2) is 0 Å². The van der Waals surface area contributed by atoms with E-state index in [9.17, 15) is 9.90 Å². The molecule has 1 unspecified atom stereocenters. The largest absolute Gasteiger partial charge is 0.386 e. The van der Waals surface area contributed by atoms with E-state index in [1.54, 1.807) is 6.20 Å². The molecule has 3 rings (SSSR count). The van der Waals surface area contributed by atoms with Crippen LogP contribution in [0.1, 0.15) is 25.0 Å². The maximum Gasteiger partial charge on any atom is 0.221 e. The summed E-state index contributed by atoms with van der Waals surface area (Å²) >= 11 is 0. The summed E-state index contributed by atoms with van der Waals surface area (Å²) in [4.78, 5) is 22.6. The van der Waals surface area contributed by atoms with Gasteiger partial charge in [0.05, 0.1) is 11.1 Å². The van der Waals surface area contributed by atoms with Crippen LogP contribution in [0.2, 0.25) is 0 Å². The highest BCUT2D eigenvalue weighted by molar-refractivity contribution is 5.91. The number of pyridine rings is 2. The van der Waals surface area contributed by atoms with Crippen molar-refractivity contribution in [3.8, 4) is 0 Å². The van der Waals surface area contributed by atoms with Crippen molar-refractivity contribution in [3.63, 3.8) is 0 Å². The molecule has 1 amide bonds. The number of nitrogens with two attached hydrogens (primary N) is 1. The topological polar surface area (TPSA) is 104 Å². The van der Waals surface area contributed by atoms with Crippen LogP contribution in [0.3, 0.4) is 0 Å². The van der Waals surface area contributed by atoms with Crippen molar-refractivity contribution in [3.05, 3.63) is 30.2 Å². The lowest BCUT2D eigenvalue weighted by atomic mass is 9.92. The fourth-order valence-electron chi connectivity index (χ4n) is 3.39. The second kappa shape index (κ2) is 7.33. The maximum absolute atomic E-state index is 11.7. The molecule has 3 heterocycles. The van der Waals surface area contributed by atoms with E-state index in [0.717, 1.165) is 35.2 Å². The van der Waals surface area contributed by atoms with Gasteiger partial charge < -0.3 is 21.1 Å². The smallest absolute Gasteiger partial charge is 0.221 e. The molecule has 0 aromatic carbocycles. The second-order valence-electron chi connectivity index (χ2n) is 6.74. The maximum atomic E-state index is 11.7. The zero-order valence-electron chi connectivity index (χ0n) is 14.5. The molecule has 1 aliphatic rings. The third-order valence-corrected chi connectivity index (χ3v) is 4.60. The molecule has 7 nitrogen and oxygen atoms in total. The monoisotopic (exact) mass is 343 g/mol. The van der Waals surface area contributed by atoms with Gasteiger partial charge in [-0.3, -0.25) is 14.8 Å². The number of carbonyl (C=O) groups excluding carboxylic acids is 1. The first-order valence-electron chi connectivity index (χ1n) is 8.66. The number of aliphatic hydroxyl groups is 1. The molecule has 4 N–H and O–H groups in total. The van der Waals surface area contributed by atoms with Crippen LogP contribution in [-0.4, -0.2) is 52.8 Å². The standard InChI is InChI=1S/C18H25N5O2/c1-13-9-16(14-10-20-7-4-15(14)22-13)23-8-2-5-18(25,12-23)11-21-17(24)3-6-19/h4,7,9-10,25H,2-3,5-6,8,11-12,19H2,1H3,(H,21,24). The zero-order valence-corrected chi connectivity index (χ0v) is 14.5. The van der Waals surface area contributed by atoms with Gasteiger partial charge in [-0.2, -0.15) is 0 Å². The molecule has 0 radical (unpaired) electrons. The van der Waals surface area contributed by atoms with E-state index in [1.165, 1.54) is 0 Å². The minimum absolute atomic E-state index is 0.123. The molecule has 0 aliphatic carbocycles. The van der Waals surface area contributed by atoms with Crippen LogP contribution in [0, 0.1) is 6.92 Å². The number of nitrogens with one attached hydrogen (secondary N) is 1. The predicted octanol–water partition coefficient (Wildman–Crippen LogP) is 0.735. The molecule has 1 saturated heterocycles. The minimum atomic E-state index is -0.950. The van der Waals surface area contributed by atoms with E-state index in [0.29, 0.717) is 19.5 Å². The molecule has 1 fully saturated rings. The van der Waals surface area contributed by atoms with Crippen molar-refractivity contribution in [2.45, 2.75) is 31.8 Å². The van der Waals surface area contributed by atoms with Crippen LogP contribution in [0.25, 0.3) is 10.9 Å². The number of hydrogen-bond acceptors (Lipinski definition) is 6. The zero-order chi connectivity index (χ0) is 17.9. The van der Waals surface area contributed by atoms with E-state index in [1.807, 2.05) is 25.3 Å². The number of fused-ring (bicyclic) bond motifs is 1. The Morgan fingerprint density at radius 1 is 1.52 bits per heavy atom. The van der Waals surface area contributed by atoms with E-state index in [-0.39, 0.29) is 18.9 Å². The Labute approximate surface area is 147 Å². The summed E-state index contributed by atoms with van der Waals surface area (Å²) < 4.78 is 0. The fraction of sp³-hybridized carbons (Fsp3) is 0.500. The average Bonchev–Trinajstić information content (AvgIpc) is 2.60. The second-order valence-corrected chi connectivity index (χ2v) is 6.74. The van der Waals surface area contributed by atoms with Crippen molar-refractivity contribution in [2.24, 2.45) is 5.73 Å². The highest BCUT2D eigenvalue weighted by atomic mass is 16.3. The SMILES string of the molecule is Cc1cc(N2CCCC(O)(CNC(=O)CCN)C2)c2cnccc2n1.